The van der Waals surface area contributed by atoms with Gasteiger partial charge in [0.2, 0.25) is 15.9 Å². The quantitative estimate of drug-likeness (QED) is 0.722. The van der Waals surface area contributed by atoms with Gasteiger partial charge >= 0.3 is 0 Å². The Morgan fingerprint density at radius 1 is 1.10 bits per heavy atom. The zero-order chi connectivity index (χ0) is 15.1. The van der Waals surface area contributed by atoms with Crippen LogP contribution in [0.25, 0.3) is 0 Å². The monoisotopic (exact) mass is 317 g/mol. The second-order valence-electron chi connectivity index (χ2n) is 5.97. The van der Waals surface area contributed by atoms with Crippen LogP contribution in [-0.2, 0) is 14.8 Å². The Morgan fingerprint density at radius 2 is 1.71 bits per heavy atom. The smallest absolute Gasteiger partial charge is 0.221 e. The molecule has 2 fully saturated rings. The topological polar surface area (TPSA) is 78.5 Å². The van der Waals surface area contributed by atoms with Gasteiger partial charge in [0.25, 0.3) is 0 Å². The summed E-state index contributed by atoms with van der Waals surface area (Å²) in [5, 5.41) is 6.13. The molecule has 2 N–H and O–H groups in total. The lowest BCUT2D eigenvalue weighted by Gasteiger charge is -2.26. The van der Waals surface area contributed by atoms with E-state index in [1.807, 2.05) is 0 Å². The van der Waals surface area contributed by atoms with Crippen LogP contribution in [-0.4, -0.2) is 56.6 Å². The average Bonchev–Trinajstić information content (AvgIpc) is 2.75. The minimum absolute atomic E-state index is 0.0722. The number of nitrogens with one attached hydrogen (secondary N) is 2. The van der Waals surface area contributed by atoms with E-state index in [1.165, 1.54) is 17.1 Å². The Hall–Kier alpha value is -0.660. The lowest BCUT2D eigenvalue weighted by atomic mass is 10.1. The third-order valence-electron chi connectivity index (χ3n) is 4.28. The fraction of sp³-hybridized carbons (Fsp3) is 0.929. The molecule has 2 rings (SSSR count). The molecule has 0 spiro atoms. The molecule has 1 heterocycles. The van der Waals surface area contributed by atoms with Crippen molar-refractivity contribution in [2.75, 3.05) is 31.9 Å². The number of rotatable bonds is 5. The lowest BCUT2D eigenvalue weighted by molar-refractivity contribution is -0.121. The third-order valence-corrected chi connectivity index (χ3v) is 6.15. The lowest BCUT2D eigenvalue weighted by Crippen LogP contribution is -2.47. The molecule has 1 amide bonds. The molecule has 6 nitrogen and oxygen atoms in total. The molecule has 0 unspecified atom stereocenters. The first-order valence-electron chi connectivity index (χ1n) is 8.06. The average molecular weight is 317 g/mol. The van der Waals surface area contributed by atoms with Crippen molar-refractivity contribution in [2.24, 2.45) is 0 Å². The van der Waals surface area contributed by atoms with E-state index in [4.69, 9.17) is 0 Å². The SMILES string of the molecule is O=C(CCS(=O)(=O)N1CCNCC1)NC1CCCCCC1. The molecule has 1 saturated carbocycles. The van der Waals surface area contributed by atoms with E-state index in [2.05, 4.69) is 10.6 Å². The molecule has 1 aliphatic carbocycles. The van der Waals surface area contributed by atoms with E-state index < -0.39 is 10.0 Å². The molecular weight excluding hydrogens is 290 g/mol. The van der Waals surface area contributed by atoms with Gasteiger partial charge in [0, 0.05) is 38.6 Å². The predicted octanol–water partition coefficient (Wildman–Crippen LogP) is 0.451. The van der Waals surface area contributed by atoms with Crippen LogP contribution < -0.4 is 10.6 Å². The van der Waals surface area contributed by atoms with Crippen molar-refractivity contribution in [2.45, 2.75) is 51.0 Å². The van der Waals surface area contributed by atoms with Crippen molar-refractivity contribution in [1.29, 1.82) is 0 Å². The van der Waals surface area contributed by atoms with E-state index in [9.17, 15) is 13.2 Å². The number of hydrogen-bond acceptors (Lipinski definition) is 4. The Bertz CT molecular complexity index is 425. The summed E-state index contributed by atoms with van der Waals surface area (Å²) >= 11 is 0. The maximum absolute atomic E-state index is 12.2. The highest BCUT2D eigenvalue weighted by Gasteiger charge is 2.25. The molecule has 0 aromatic carbocycles. The first-order chi connectivity index (χ1) is 10.1. The van der Waals surface area contributed by atoms with E-state index in [-0.39, 0.29) is 24.1 Å². The van der Waals surface area contributed by atoms with E-state index in [0.29, 0.717) is 26.2 Å². The van der Waals surface area contributed by atoms with Gasteiger partial charge in [-0.25, -0.2) is 8.42 Å². The molecule has 21 heavy (non-hydrogen) atoms. The summed E-state index contributed by atoms with van der Waals surface area (Å²) in [7, 11) is -3.29. The van der Waals surface area contributed by atoms with Crippen molar-refractivity contribution >= 4 is 15.9 Å². The van der Waals surface area contributed by atoms with Crippen LogP contribution in [0.1, 0.15) is 44.9 Å². The summed E-state index contributed by atoms with van der Waals surface area (Å²) in [6.45, 7) is 2.39. The number of hydrogen-bond donors (Lipinski definition) is 2. The van der Waals surface area contributed by atoms with Crippen LogP contribution in [0.3, 0.4) is 0 Å². The molecule has 0 atom stereocenters. The molecule has 0 aromatic rings. The molecule has 0 aromatic heterocycles. The Balaban J connectivity index is 1.74. The third kappa shape index (κ3) is 5.56. The minimum atomic E-state index is -3.29. The molecule has 122 valence electrons. The van der Waals surface area contributed by atoms with Crippen LogP contribution in [0.5, 0.6) is 0 Å². The van der Waals surface area contributed by atoms with Gasteiger partial charge in [0.05, 0.1) is 5.75 Å². The minimum Gasteiger partial charge on any atom is -0.353 e. The van der Waals surface area contributed by atoms with Gasteiger partial charge < -0.3 is 10.6 Å². The van der Waals surface area contributed by atoms with Crippen molar-refractivity contribution in [3.63, 3.8) is 0 Å². The van der Waals surface area contributed by atoms with E-state index in [0.717, 1.165) is 25.7 Å². The zero-order valence-electron chi connectivity index (χ0n) is 12.6. The van der Waals surface area contributed by atoms with Crippen molar-refractivity contribution in [3.05, 3.63) is 0 Å². The van der Waals surface area contributed by atoms with Crippen molar-refractivity contribution in [1.82, 2.24) is 14.9 Å². The summed E-state index contributed by atoms with van der Waals surface area (Å²) in [4.78, 5) is 11.9. The standard InChI is InChI=1S/C14H27N3O3S/c18-14(16-13-5-3-1-2-4-6-13)7-12-21(19,20)17-10-8-15-9-11-17/h13,15H,1-12H2,(H,16,18). The maximum Gasteiger partial charge on any atom is 0.221 e. The van der Waals surface area contributed by atoms with Gasteiger partial charge in [-0.3, -0.25) is 4.79 Å². The van der Waals surface area contributed by atoms with Crippen molar-refractivity contribution in [3.8, 4) is 0 Å². The first-order valence-corrected chi connectivity index (χ1v) is 9.67. The van der Waals surface area contributed by atoms with Crippen LogP contribution >= 0.6 is 0 Å². The second kappa shape index (κ2) is 8.10. The molecule has 1 aliphatic heterocycles. The maximum atomic E-state index is 12.2. The summed E-state index contributed by atoms with van der Waals surface area (Å²) in [5.41, 5.74) is 0. The van der Waals surface area contributed by atoms with Gasteiger partial charge in [0.15, 0.2) is 0 Å². The highest BCUT2D eigenvalue weighted by molar-refractivity contribution is 7.89. The number of carbonyl (C=O) groups excluding carboxylic acids is 1. The summed E-state index contributed by atoms with van der Waals surface area (Å²) in [5.74, 6) is -0.202. The highest BCUT2D eigenvalue weighted by Crippen LogP contribution is 2.17. The zero-order valence-corrected chi connectivity index (χ0v) is 13.5. The van der Waals surface area contributed by atoms with Gasteiger partial charge in [-0.05, 0) is 12.8 Å². The van der Waals surface area contributed by atoms with Gasteiger partial charge in [0.1, 0.15) is 0 Å². The number of nitrogens with zero attached hydrogens (tertiary/aromatic N) is 1. The van der Waals surface area contributed by atoms with Gasteiger partial charge in [-0.15, -0.1) is 0 Å². The molecule has 7 heteroatoms. The number of sulfonamides is 1. The largest absolute Gasteiger partial charge is 0.353 e. The molecule has 1 saturated heterocycles. The Morgan fingerprint density at radius 3 is 2.33 bits per heavy atom. The number of amides is 1. The molecule has 0 radical (unpaired) electrons. The molecular formula is C14H27N3O3S. The van der Waals surface area contributed by atoms with Crippen LogP contribution in [0.2, 0.25) is 0 Å². The van der Waals surface area contributed by atoms with E-state index >= 15 is 0 Å². The Kier molecular flexibility index (Phi) is 6.44. The normalized spacial score (nSPS) is 22.7. The van der Waals surface area contributed by atoms with Gasteiger partial charge in [-0.2, -0.15) is 4.31 Å². The summed E-state index contributed by atoms with van der Waals surface area (Å²) < 4.78 is 25.8. The fourth-order valence-electron chi connectivity index (χ4n) is 3.00. The number of piperazine rings is 1. The highest BCUT2D eigenvalue weighted by atomic mass is 32.2. The number of carbonyl (C=O) groups is 1. The molecule has 2 aliphatic rings. The Labute approximate surface area is 127 Å². The van der Waals surface area contributed by atoms with E-state index in [1.54, 1.807) is 0 Å². The first kappa shape index (κ1) is 16.7. The van der Waals surface area contributed by atoms with Crippen LogP contribution in [0.15, 0.2) is 0 Å². The predicted molar refractivity (Wildman–Crippen MR) is 82.5 cm³/mol. The molecule has 0 bridgehead atoms. The van der Waals surface area contributed by atoms with Crippen molar-refractivity contribution < 1.29 is 13.2 Å². The van der Waals surface area contributed by atoms with Crippen LogP contribution in [0, 0.1) is 0 Å². The second-order valence-corrected chi connectivity index (χ2v) is 8.06. The van der Waals surface area contributed by atoms with Crippen LogP contribution in [0.4, 0.5) is 0 Å². The fourth-order valence-corrected chi connectivity index (χ4v) is 4.44. The van der Waals surface area contributed by atoms with Gasteiger partial charge in [-0.1, -0.05) is 25.7 Å². The summed E-state index contributed by atoms with van der Waals surface area (Å²) in [6, 6.07) is 0.238. The summed E-state index contributed by atoms with van der Waals surface area (Å²) in [6.07, 6.45) is 6.91.